The molecule has 1 aromatic carbocycles. The first-order valence-electron chi connectivity index (χ1n) is 7.26. The molecule has 1 aliphatic heterocycles. The van der Waals surface area contributed by atoms with Crippen molar-refractivity contribution in [3.63, 3.8) is 0 Å². The van der Waals surface area contributed by atoms with Crippen LogP contribution in [0.1, 0.15) is 34.5 Å². The maximum absolute atomic E-state index is 12.5. The van der Waals surface area contributed by atoms with Gasteiger partial charge >= 0.3 is 0 Å². The summed E-state index contributed by atoms with van der Waals surface area (Å²) in [5.41, 5.74) is 3.40. The number of benzene rings is 1. The van der Waals surface area contributed by atoms with E-state index in [1.54, 1.807) is 11.9 Å². The molecule has 5 nitrogen and oxygen atoms in total. The highest BCUT2D eigenvalue weighted by molar-refractivity contribution is 5.94. The highest BCUT2D eigenvalue weighted by atomic mass is 16.2. The Balaban J connectivity index is 2.20. The molecule has 1 amide bonds. The smallest absolute Gasteiger partial charge is 0.282 e. The summed E-state index contributed by atoms with van der Waals surface area (Å²) in [5, 5.41) is 0. The van der Waals surface area contributed by atoms with Gasteiger partial charge in [-0.25, -0.2) is 4.98 Å². The number of carbonyl (C=O) groups is 1. The monoisotopic (exact) mass is 285 g/mol. The molecular weight excluding hydrogens is 266 g/mol. The van der Waals surface area contributed by atoms with Gasteiger partial charge in [0.05, 0.1) is 11.0 Å². The second-order valence-corrected chi connectivity index (χ2v) is 5.75. The van der Waals surface area contributed by atoms with Gasteiger partial charge in [-0.15, -0.1) is 0 Å². The van der Waals surface area contributed by atoms with Gasteiger partial charge in [0.2, 0.25) is 0 Å². The van der Waals surface area contributed by atoms with E-state index < -0.39 is 0 Å². The Kier molecular flexibility index (Phi) is 3.27. The number of hydrogen-bond donors (Lipinski definition) is 0. The van der Waals surface area contributed by atoms with Crippen molar-refractivity contribution in [1.29, 1.82) is 0 Å². The molecule has 1 aromatic heterocycles. The lowest BCUT2D eigenvalue weighted by Gasteiger charge is -2.15. The van der Waals surface area contributed by atoms with Crippen LogP contribution in [0.2, 0.25) is 0 Å². The van der Waals surface area contributed by atoms with Crippen LogP contribution in [0, 0.1) is 13.8 Å². The number of hydrogen-bond acceptors (Lipinski definition) is 3. The lowest BCUT2D eigenvalue weighted by atomic mass is 10.1. The van der Waals surface area contributed by atoms with E-state index in [1.807, 2.05) is 26.0 Å². The predicted octanol–water partition coefficient (Wildman–Crippen LogP) is 1.79. The van der Waals surface area contributed by atoms with Crippen molar-refractivity contribution >= 4 is 16.9 Å². The van der Waals surface area contributed by atoms with E-state index in [0.29, 0.717) is 18.6 Å². The molecule has 0 bridgehead atoms. The molecule has 21 heavy (non-hydrogen) atoms. The Morgan fingerprint density at radius 1 is 1.14 bits per heavy atom. The molecule has 5 heteroatoms. The van der Waals surface area contributed by atoms with Crippen molar-refractivity contribution in [2.45, 2.75) is 26.7 Å². The van der Waals surface area contributed by atoms with Gasteiger partial charge in [-0.2, -0.15) is 0 Å². The molecule has 2 aromatic rings. The number of amides is 1. The first-order chi connectivity index (χ1) is 9.99. The van der Waals surface area contributed by atoms with Crippen LogP contribution in [0.15, 0.2) is 16.9 Å². The van der Waals surface area contributed by atoms with Crippen LogP contribution in [-0.4, -0.2) is 33.4 Å². The summed E-state index contributed by atoms with van der Waals surface area (Å²) >= 11 is 0. The summed E-state index contributed by atoms with van der Waals surface area (Å²) in [5.74, 6) is -0.242. The molecule has 0 aliphatic carbocycles. The van der Waals surface area contributed by atoms with Gasteiger partial charge in [-0.3, -0.25) is 9.59 Å². The lowest BCUT2D eigenvalue weighted by Crippen LogP contribution is -2.35. The summed E-state index contributed by atoms with van der Waals surface area (Å²) in [6, 6.07) is 3.88. The summed E-state index contributed by atoms with van der Waals surface area (Å²) < 4.78 is 1.53. The fraction of sp³-hybridized carbons (Fsp3) is 0.438. The van der Waals surface area contributed by atoms with Crippen molar-refractivity contribution in [3.8, 4) is 0 Å². The van der Waals surface area contributed by atoms with E-state index in [9.17, 15) is 9.59 Å². The van der Waals surface area contributed by atoms with Gasteiger partial charge in [-0.1, -0.05) is 0 Å². The maximum Gasteiger partial charge on any atom is 0.282 e. The minimum absolute atomic E-state index is 0.0372. The fourth-order valence-electron chi connectivity index (χ4n) is 2.79. The van der Waals surface area contributed by atoms with Gasteiger partial charge < -0.3 is 9.47 Å². The van der Waals surface area contributed by atoms with Crippen molar-refractivity contribution < 1.29 is 4.79 Å². The number of nitrogens with zero attached hydrogens (tertiary/aromatic N) is 3. The molecule has 2 heterocycles. The summed E-state index contributed by atoms with van der Waals surface area (Å²) in [6.45, 7) is 5.44. The second-order valence-electron chi connectivity index (χ2n) is 5.75. The molecular formula is C16H19N3O2. The van der Waals surface area contributed by atoms with Crippen molar-refractivity contribution in [2.75, 3.05) is 13.1 Å². The van der Waals surface area contributed by atoms with Gasteiger partial charge in [0, 0.05) is 20.1 Å². The number of aromatic nitrogens is 2. The summed E-state index contributed by atoms with van der Waals surface area (Å²) in [6.07, 6.45) is 2.00. The Morgan fingerprint density at radius 3 is 2.43 bits per heavy atom. The predicted molar refractivity (Wildman–Crippen MR) is 81.6 cm³/mol. The molecule has 0 spiro atoms. The Bertz CT molecular complexity index is 786. The topological polar surface area (TPSA) is 55.2 Å². The fourth-order valence-corrected chi connectivity index (χ4v) is 2.79. The third kappa shape index (κ3) is 2.22. The van der Waals surface area contributed by atoms with Gasteiger partial charge in [0.1, 0.15) is 0 Å². The van der Waals surface area contributed by atoms with Crippen LogP contribution in [0.3, 0.4) is 0 Å². The first kappa shape index (κ1) is 13.8. The number of fused-ring (bicyclic) bond motifs is 1. The minimum atomic E-state index is -0.317. The largest absolute Gasteiger partial charge is 0.337 e. The van der Waals surface area contributed by atoms with Gasteiger partial charge in [0.15, 0.2) is 5.69 Å². The quantitative estimate of drug-likeness (QED) is 0.802. The van der Waals surface area contributed by atoms with Gasteiger partial charge in [-0.05, 0) is 49.9 Å². The van der Waals surface area contributed by atoms with E-state index in [-0.39, 0.29) is 17.2 Å². The molecule has 1 saturated heterocycles. The van der Waals surface area contributed by atoms with E-state index in [1.165, 1.54) is 4.57 Å². The van der Waals surface area contributed by atoms with Crippen LogP contribution in [0.4, 0.5) is 0 Å². The van der Waals surface area contributed by atoms with Crippen LogP contribution in [0.25, 0.3) is 11.0 Å². The average molecular weight is 285 g/mol. The number of aryl methyl sites for hydroxylation is 3. The van der Waals surface area contributed by atoms with Crippen molar-refractivity contribution in [1.82, 2.24) is 14.5 Å². The SMILES string of the molecule is Cc1cc2nc(C(=O)N3CCCC3)c(=O)n(C)c2cc1C. The third-order valence-corrected chi connectivity index (χ3v) is 4.29. The molecule has 0 unspecified atom stereocenters. The third-order valence-electron chi connectivity index (χ3n) is 4.29. The normalized spacial score (nSPS) is 14.9. The zero-order chi connectivity index (χ0) is 15.1. The Morgan fingerprint density at radius 2 is 1.76 bits per heavy atom. The number of rotatable bonds is 1. The van der Waals surface area contributed by atoms with E-state index >= 15 is 0 Å². The number of likely N-dealkylation sites (tertiary alicyclic amines) is 1. The molecule has 0 radical (unpaired) electrons. The van der Waals surface area contributed by atoms with Crippen LogP contribution < -0.4 is 5.56 Å². The molecule has 3 rings (SSSR count). The highest BCUT2D eigenvalue weighted by Gasteiger charge is 2.24. The Hall–Kier alpha value is -2.17. The van der Waals surface area contributed by atoms with E-state index in [4.69, 9.17) is 0 Å². The highest BCUT2D eigenvalue weighted by Crippen LogP contribution is 2.17. The Labute approximate surface area is 123 Å². The second kappa shape index (κ2) is 4.98. The molecule has 1 aliphatic rings. The van der Waals surface area contributed by atoms with Gasteiger partial charge in [0.25, 0.3) is 11.5 Å². The first-order valence-corrected chi connectivity index (χ1v) is 7.26. The van der Waals surface area contributed by atoms with E-state index in [0.717, 1.165) is 29.5 Å². The standard InChI is InChI=1S/C16H19N3O2/c1-10-8-12-13(9-11(10)2)18(3)15(20)14(17-12)16(21)19-6-4-5-7-19/h8-9H,4-7H2,1-3H3. The molecule has 0 atom stereocenters. The van der Waals surface area contributed by atoms with Crippen LogP contribution in [0.5, 0.6) is 0 Å². The molecule has 0 N–H and O–H groups in total. The van der Waals surface area contributed by atoms with Crippen LogP contribution >= 0.6 is 0 Å². The van der Waals surface area contributed by atoms with Crippen LogP contribution in [-0.2, 0) is 7.05 Å². The molecule has 0 saturated carbocycles. The van der Waals surface area contributed by atoms with Crippen molar-refractivity contribution in [3.05, 3.63) is 39.3 Å². The van der Waals surface area contributed by atoms with Crippen molar-refractivity contribution in [2.24, 2.45) is 7.05 Å². The summed E-state index contributed by atoms with van der Waals surface area (Å²) in [7, 11) is 1.70. The summed E-state index contributed by atoms with van der Waals surface area (Å²) in [4.78, 5) is 31.0. The number of carbonyl (C=O) groups excluding carboxylic acids is 1. The average Bonchev–Trinajstić information content (AvgIpc) is 2.98. The minimum Gasteiger partial charge on any atom is -0.337 e. The maximum atomic E-state index is 12.5. The lowest BCUT2D eigenvalue weighted by molar-refractivity contribution is 0.0785. The molecule has 110 valence electrons. The van der Waals surface area contributed by atoms with E-state index in [2.05, 4.69) is 4.98 Å². The molecule has 1 fully saturated rings. The zero-order valence-corrected chi connectivity index (χ0v) is 12.6. The zero-order valence-electron chi connectivity index (χ0n) is 12.6.